The summed E-state index contributed by atoms with van der Waals surface area (Å²) in [6.45, 7) is 22.6. The first kappa shape index (κ1) is 53.5. The summed E-state index contributed by atoms with van der Waals surface area (Å²) >= 11 is 0. The molecule has 312 valence electrons. The molecular weight excluding hydrogens is 629 g/mol. The van der Waals surface area contributed by atoms with E-state index in [1.807, 2.05) is 13.8 Å². The Labute approximate surface area is 331 Å². The maximum atomic E-state index is 14.1. The molecule has 0 aromatic carbocycles. The van der Waals surface area contributed by atoms with Crippen molar-refractivity contribution in [3.05, 3.63) is 12.2 Å². The van der Waals surface area contributed by atoms with Gasteiger partial charge in [-0.1, -0.05) is 254 Å². The molecule has 0 aliphatic heterocycles. The van der Waals surface area contributed by atoms with Crippen LogP contribution in [0.2, 0.25) is 0 Å². The van der Waals surface area contributed by atoms with Gasteiger partial charge in [0.25, 0.3) is 0 Å². The summed E-state index contributed by atoms with van der Waals surface area (Å²) in [5, 5.41) is 0. The van der Waals surface area contributed by atoms with Crippen LogP contribution in [0.4, 0.5) is 0 Å². The van der Waals surface area contributed by atoms with E-state index in [1.54, 1.807) is 0 Å². The Morgan fingerprint density at radius 3 is 1.13 bits per heavy atom. The van der Waals surface area contributed by atoms with Crippen LogP contribution < -0.4 is 0 Å². The Morgan fingerprint density at radius 1 is 0.365 bits per heavy atom. The number of Topliss-reactive ketones (excluding diaryl/α,β-unsaturated/α-hetero) is 1. The smallest absolute Gasteiger partial charge is 0.136 e. The van der Waals surface area contributed by atoms with E-state index in [-0.39, 0.29) is 5.92 Å². The normalized spacial score (nSPS) is 13.7. The molecule has 1 nitrogen and oxygen atoms in total. The number of ketones is 1. The minimum absolute atomic E-state index is 0.208. The van der Waals surface area contributed by atoms with E-state index in [9.17, 15) is 4.79 Å². The second-order valence-electron chi connectivity index (χ2n) is 17.1. The van der Waals surface area contributed by atoms with Crippen LogP contribution >= 0.6 is 0 Å². The molecule has 4 atom stereocenters. The van der Waals surface area contributed by atoms with Gasteiger partial charge in [0.15, 0.2) is 0 Å². The first-order chi connectivity index (χ1) is 25.4. The monoisotopic (exact) mass is 731 g/mol. The lowest BCUT2D eigenvalue weighted by Crippen LogP contribution is -2.18. The molecule has 0 radical (unpaired) electrons. The molecule has 0 rings (SSSR count). The molecule has 0 aliphatic carbocycles. The van der Waals surface area contributed by atoms with Gasteiger partial charge in [0.1, 0.15) is 5.78 Å². The van der Waals surface area contributed by atoms with Crippen LogP contribution in [0.1, 0.15) is 287 Å². The van der Waals surface area contributed by atoms with Gasteiger partial charge in [-0.15, -0.1) is 0 Å². The number of rotatable bonds is 41. The lowest BCUT2D eigenvalue weighted by molar-refractivity contribution is -0.123. The second-order valence-corrected chi connectivity index (χ2v) is 17.1. The Balaban J connectivity index is 0. The fourth-order valence-electron chi connectivity index (χ4n) is 8.57. The highest BCUT2D eigenvalue weighted by molar-refractivity contribution is 5.81. The van der Waals surface area contributed by atoms with Crippen LogP contribution in [0.5, 0.6) is 0 Å². The van der Waals surface area contributed by atoms with Crippen LogP contribution in [-0.2, 0) is 4.79 Å². The first-order valence-electron chi connectivity index (χ1n) is 24.6. The van der Waals surface area contributed by atoms with E-state index in [1.165, 1.54) is 205 Å². The predicted octanol–water partition coefficient (Wildman–Crippen LogP) is 18.8. The largest absolute Gasteiger partial charge is 0.299 e. The van der Waals surface area contributed by atoms with Gasteiger partial charge in [-0.05, 0) is 56.3 Å². The van der Waals surface area contributed by atoms with E-state index in [0.717, 1.165) is 49.9 Å². The minimum Gasteiger partial charge on any atom is -0.299 e. The summed E-state index contributed by atoms with van der Waals surface area (Å²) in [4.78, 5) is 14.1. The summed E-state index contributed by atoms with van der Waals surface area (Å²) in [5.41, 5.74) is 1.38. The third-order valence-electron chi connectivity index (χ3n) is 12.1. The summed E-state index contributed by atoms with van der Waals surface area (Å²) < 4.78 is 0. The molecule has 0 spiro atoms. The van der Waals surface area contributed by atoms with Gasteiger partial charge >= 0.3 is 0 Å². The fourth-order valence-corrected chi connectivity index (χ4v) is 8.57. The molecule has 0 saturated carbocycles. The van der Waals surface area contributed by atoms with Crippen molar-refractivity contribution in [2.45, 2.75) is 287 Å². The minimum atomic E-state index is 0.208. The highest BCUT2D eigenvalue weighted by Crippen LogP contribution is 2.32. The van der Waals surface area contributed by atoms with Gasteiger partial charge in [-0.2, -0.15) is 0 Å². The van der Waals surface area contributed by atoms with Crippen LogP contribution in [0, 0.1) is 23.7 Å². The summed E-state index contributed by atoms with van der Waals surface area (Å²) in [6, 6.07) is 0. The van der Waals surface area contributed by atoms with Crippen molar-refractivity contribution in [3.8, 4) is 0 Å². The molecule has 0 fully saturated rings. The lowest BCUT2D eigenvalue weighted by Gasteiger charge is -2.24. The molecule has 0 aromatic heterocycles. The van der Waals surface area contributed by atoms with Crippen LogP contribution in [-0.4, -0.2) is 5.78 Å². The summed E-state index contributed by atoms with van der Waals surface area (Å²) in [6.07, 6.45) is 47.3. The Morgan fingerprint density at radius 2 is 0.712 bits per heavy atom. The van der Waals surface area contributed by atoms with Gasteiger partial charge in [0.05, 0.1) is 0 Å². The molecule has 4 unspecified atom stereocenters. The van der Waals surface area contributed by atoms with E-state index < -0.39 is 0 Å². The number of carbonyl (C=O) groups is 1. The molecular formula is C51H102O. The molecule has 52 heavy (non-hydrogen) atoms. The van der Waals surface area contributed by atoms with Crippen molar-refractivity contribution in [3.63, 3.8) is 0 Å². The van der Waals surface area contributed by atoms with Crippen LogP contribution in [0.15, 0.2) is 12.2 Å². The molecule has 0 heterocycles. The van der Waals surface area contributed by atoms with Gasteiger partial charge in [0, 0.05) is 12.3 Å². The number of hydrogen-bond donors (Lipinski definition) is 0. The number of carbonyl (C=O) groups excluding carboxylic acids is 1. The molecule has 0 aliphatic rings. The van der Waals surface area contributed by atoms with Crippen molar-refractivity contribution in [1.82, 2.24) is 0 Å². The first-order valence-corrected chi connectivity index (χ1v) is 24.6. The van der Waals surface area contributed by atoms with Gasteiger partial charge in [-0.25, -0.2) is 0 Å². The standard InChI is InChI=1S/C49H96O.C2H6/c1-8-14-19-23-25-29-35-46(33-27-21-16-10-3)38-37-44(7)43-48(41-39-45(31-13-6)32-18-12-5)49(50)42-40-47(34-28-22-17-11-4)36-30-26-24-20-15-9-2;1-2/h45-48H,7-43H2,1-6H3;1-2H3. The highest BCUT2D eigenvalue weighted by atomic mass is 16.1. The van der Waals surface area contributed by atoms with Crippen LogP contribution in [0.25, 0.3) is 0 Å². The van der Waals surface area contributed by atoms with E-state index in [0.29, 0.717) is 5.78 Å². The van der Waals surface area contributed by atoms with Crippen molar-refractivity contribution >= 4 is 5.78 Å². The zero-order chi connectivity index (χ0) is 38.9. The van der Waals surface area contributed by atoms with Crippen molar-refractivity contribution < 1.29 is 4.79 Å². The Hall–Kier alpha value is -0.590. The van der Waals surface area contributed by atoms with E-state index in [2.05, 4.69) is 48.1 Å². The van der Waals surface area contributed by atoms with Crippen molar-refractivity contribution in [2.75, 3.05) is 0 Å². The van der Waals surface area contributed by atoms with E-state index in [4.69, 9.17) is 0 Å². The molecule has 0 saturated heterocycles. The molecule has 0 bridgehead atoms. The quantitative estimate of drug-likeness (QED) is 0.0452. The fraction of sp³-hybridized carbons (Fsp3) is 0.941. The van der Waals surface area contributed by atoms with E-state index >= 15 is 0 Å². The number of allylic oxidation sites excluding steroid dienone is 1. The zero-order valence-corrected chi connectivity index (χ0v) is 37.9. The second kappa shape index (κ2) is 43.1. The maximum absolute atomic E-state index is 14.1. The van der Waals surface area contributed by atoms with Crippen molar-refractivity contribution in [2.24, 2.45) is 23.7 Å². The maximum Gasteiger partial charge on any atom is 0.136 e. The predicted molar refractivity (Wildman–Crippen MR) is 240 cm³/mol. The van der Waals surface area contributed by atoms with Crippen LogP contribution in [0.3, 0.4) is 0 Å². The third kappa shape index (κ3) is 35.1. The zero-order valence-electron chi connectivity index (χ0n) is 37.9. The molecule has 0 amide bonds. The Kier molecular flexibility index (Phi) is 44.4. The SMILES string of the molecule is C=C(CCC(CCCCCC)CCCCCCCC)CC(CCC(CCC)CCCC)C(=O)CCC(CCCCCC)CCCCCCCC.CC. The van der Waals surface area contributed by atoms with Gasteiger partial charge < -0.3 is 0 Å². The average molecular weight is 731 g/mol. The number of unbranched alkanes of at least 4 members (excludes halogenated alkanes) is 17. The average Bonchev–Trinajstić information content (AvgIpc) is 3.16. The molecule has 0 aromatic rings. The number of hydrogen-bond acceptors (Lipinski definition) is 1. The summed E-state index contributed by atoms with van der Waals surface area (Å²) in [7, 11) is 0. The topological polar surface area (TPSA) is 17.1 Å². The molecule has 1 heteroatoms. The summed E-state index contributed by atoms with van der Waals surface area (Å²) in [5.74, 6) is 3.19. The molecule has 0 N–H and O–H groups in total. The lowest BCUT2D eigenvalue weighted by atomic mass is 9.81. The van der Waals surface area contributed by atoms with Gasteiger partial charge in [-0.3, -0.25) is 4.79 Å². The highest BCUT2D eigenvalue weighted by Gasteiger charge is 2.23. The Bertz CT molecular complexity index is 708. The third-order valence-corrected chi connectivity index (χ3v) is 12.1. The van der Waals surface area contributed by atoms with Gasteiger partial charge in [0.2, 0.25) is 0 Å². The van der Waals surface area contributed by atoms with Crippen molar-refractivity contribution in [1.29, 1.82) is 0 Å².